The van der Waals surface area contributed by atoms with E-state index in [9.17, 15) is 0 Å². The Morgan fingerprint density at radius 1 is 1.05 bits per heavy atom. The Bertz CT molecular complexity index is 595. The third kappa shape index (κ3) is 3.97. The molecule has 0 bridgehead atoms. The SMILES string of the molecule is C=C(NC1CCCC1)c1ccc(CCc2ccccc2)nc1. The number of nitrogens with zero attached hydrogens (tertiary/aromatic N) is 1. The highest BCUT2D eigenvalue weighted by atomic mass is 14.9. The van der Waals surface area contributed by atoms with Gasteiger partial charge in [-0.2, -0.15) is 0 Å². The van der Waals surface area contributed by atoms with Crippen LogP contribution in [-0.4, -0.2) is 11.0 Å². The molecule has 2 aromatic rings. The Labute approximate surface area is 133 Å². The van der Waals surface area contributed by atoms with Crippen LogP contribution in [0.5, 0.6) is 0 Å². The van der Waals surface area contributed by atoms with E-state index in [0.717, 1.165) is 29.8 Å². The summed E-state index contributed by atoms with van der Waals surface area (Å²) >= 11 is 0. The quantitative estimate of drug-likeness (QED) is 0.855. The van der Waals surface area contributed by atoms with Gasteiger partial charge in [0.2, 0.25) is 0 Å². The fourth-order valence-electron chi connectivity index (χ4n) is 3.07. The maximum Gasteiger partial charge on any atom is 0.0407 e. The summed E-state index contributed by atoms with van der Waals surface area (Å²) in [6, 6.07) is 15.4. The van der Waals surface area contributed by atoms with Gasteiger partial charge in [-0.1, -0.05) is 49.8 Å². The predicted molar refractivity (Wildman–Crippen MR) is 92.5 cm³/mol. The molecule has 2 nitrogen and oxygen atoms in total. The van der Waals surface area contributed by atoms with Gasteiger partial charge in [-0.3, -0.25) is 4.98 Å². The number of hydrogen-bond acceptors (Lipinski definition) is 2. The van der Waals surface area contributed by atoms with Gasteiger partial charge in [0, 0.05) is 29.2 Å². The van der Waals surface area contributed by atoms with Crippen LogP contribution >= 0.6 is 0 Å². The number of hydrogen-bond donors (Lipinski definition) is 1. The van der Waals surface area contributed by atoms with Crippen molar-refractivity contribution in [3.63, 3.8) is 0 Å². The van der Waals surface area contributed by atoms with Gasteiger partial charge in [0.25, 0.3) is 0 Å². The van der Waals surface area contributed by atoms with E-state index < -0.39 is 0 Å². The van der Waals surface area contributed by atoms with Gasteiger partial charge >= 0.3 is 0 Å². The Kier molecular flexibility index (Phi) is 4.89. The molecule has 0 amide bonds. The molecule has 114 valence electrons. The third-order valence-electron chi connectivity index (χ3n) is 4.42. The molecule has 0 radical (unpaired) electrons. The monoisotopic (exact) mass is 292 g/mol. The van der Waals surface area contributed by atoms with E-state index in [2.05, 4.69) is 59.3 Å². The minimum Gasteiger partial charge on any atom is -0.382 e. The van der Waals surface area contributed by atoms with E-state index in [4.69, 9.17) is 0 Å². The lowest BCUT2D eigenvalue weighted by molar-refractivity contribution is 0.619. The number of nitrogens with one attached hydrogen (secondary N) is 1. The van der Waals surface area contributed by atoms with Gasteiger partial charge in [-0.25, -0.2) is 0 Å². The zero-order chi connectivity index (χ0) is 15.2. The van der Waals surface area contributed by atoms with Gasteiger partial charge in [0.05, 0.1) is 0 Å². The van der Waals surface area contributed by atoms with Gasteiger partial charge in [0.15, 0.2) is 0 Å². The van der Waals surface area contributed by atoms with Crippen LogP contribution in [0, 0.1) is 0 Å². The minimum absolute atomic E-state index is 0.602. The van der Waals surface area contributed by atoms with Crippen molar-refractivity contribution < 1.29 is 0 Å². The second-order valence-corrected chi connectivity index (χ2v) is 6.13. The molecule has 0 unspecified atom stereocenters. The average molecular weight is 292 g/mol. The molecule has 0 atom stereocenters. The number of rotatable bonds is 6. The van der Waals surface area contributed by atoms with Crippen molar-refractivity contribution in [3.05, 3.63) is 72.1 Å². The van der Waals surface area contributed by atoms with Crippen molar-refractivity contribution in [1.29, 1.82) is 0 Å². The number of aromatic nitrogens is 1. The van der Waals surface area contributed by atoms with E-state index in [1.807, 2.05) is 6.20 Å². The summed E-state index contributed by atoms with van der Waals surface area (Å²) in [5.74, 6) is 0. The fourth-order valence-corrected chi connectivity index (χ4v) is 3.07. The van der Waals surface area contributed by atoms with Crippen LogP contribution in [0.15, 0.2) is 55.2 Å². The molecule has 0 saturated heterocycles. The molecular weight excluding hydrogens is 268 g/mol. The average Bonchev–Trinajstić information content (AvgIpc) is 3.07. The molecule has 1 saturated carbocycles. The molecule has 2 heteroatoms. The largest absolute Gasteiger partial charge is 0.382 e. The topological polar surface area (TPSA) is 24.9 Å². The molecule has 1 fully saturated rings. The van der Waals surface area contributed by atoms with Crippen LogP contribution in [-0.2, 0) is 12.8 Å². The molecular formula is C20H24N2. The first-order valence-electron chi connectivity index (χ1n) is 8.26. The maximum atomic E-state index is 4.59. The van der Waals surface area contributed by atoms with E-state index in [1.165, 1.54) is 31.2 Å². The predicted octanol–water partition coefficient (Wildman–Crippen LogP) is 4.37. The Morgan fingerprint density at radius 3 is 2.50 bits per heavy atom. The molecule has 3 rings (SSSR count). The lowest BCUT2D eigenvalue weighted by atomic mass is 10.1. The summed E-state index contributed by atoms with van der Waals surface area (Å²) in [7, 11) is 0. The first kappa shape index (κ1) is 14.8. The van der Waals surface area contributed by atoms with Crippen LogP contribution in [0.3, 0.4) is 0 Å². The first-order valence-corrected chi connectivity index (χ1v) is 8.26. The highest BCUT2D eigenvalue weighted by Gasteiger charge is 2.15. The first-order chi connectivity index (χ1) is 10.8. The summed E-state index contributed by atoms with van der Waals surface area (Å²) in [5, 5.41) is 3.54. The van der Waals surface area contributed by atoms with E-state index in [1.54, 1.807) is 0 Å². The van der Waals surface area contributed by atoms with Crippen molar-refractivity contribution in [2.75, 3.05) is 0 Å². The van der Waals surface area contributed by atoms with Crippen molar-refractivity contribution >= 4 is 5.70 Å². The number of aryl methyl sites for hydroxylation is 2. The molecule has 1 aromatic heterocycles. The summed E-state index contributed by atoms with van der Waals surface area (Å²) in [6.07, 6.45) is 9.17. The summed E-state index contributed by atoms with van der Waals surface area (Å²) < 4.78 is 0. The molecule has 1 aliphatic carbocycles. The lowest BCUT2D eigenvalue weighted by Crippen LogP contribution is -2.23. The van der Waals surface area contributed by atoms with Gasteiger partial charge in [0.1, 0.15) is 0 Å². The second-order valence-electron chi connectivity index (χ2n) is 6.13. The Hall–Kier alpha value is -2.09. The standard InChI is InChI=1S/C20H24N2/c1-16(22-20-9-5-6-10-20)18-12-14-19(21-15-18)13-11-17-7-3-2-4-8-17/h2-4,7-8,12,14-15,20,22H,1,5-6,9-11,13H2. The van der Waals surface area contributed by atoms with Crippen LogP contribution in [0.25, 0.3) is 5.70 Å². The summed E-state index contributed by atoms with van der Waals surface area (Å²) in [4.78, 5) is 4.59. The molecule has 1 N–H and O–H groups in total. The summed E-state index contributed by atoms with van der Waals surface area (Å²) in [5.41, 5.74) is 4.62. The Morgan fingerprint density at radius 2 is 1.82 bits per heavy atom. The van der Waals surface area contributed by atoms with Crippen molar-refractivity contribution in [3.8, 4) is 0 Å². The second kappa shape index (κ2) is 7.26. The maximum absolute atomic E-state index is 4.59. The normalized spacial score (nSPS) is 14.9. The van der Waals surface area contributed by atoms with E-state index in [-0.39, 0.29) is 0 Å². The van der Waals surface area contributed by atoms with Gasteiger partial charge in [-0.05, 0) is 43.4 Å². The smallest absolute Gasteiger partial charge is 0.0407 e. The van der Waals surface area contributed by atoms with Gasteiger partial charge in [-0.15, -0.1) is 0 Å². The van der Waals surface area contributed by atoms with Crippen molar-refractivity contribution in [2.24, 2.45) is 0 Å². The van der Waals surface area contributed by atoms with Crippen LogP contribution in [0.1, 0.15) is 42.5 Å². The number of pyridine rings is 1. The fraction of sp³-hybridized carbons (Fsp3) is 0.350. The van der Waals surface area contributed by atoms with E-state index in [0.29, 0.717) is 6.04 Å². The lowest BCUT2D eigenvalue weighted by Gasteiger charge is -2.16. The molecule has 22 heavy (non-hydrogen) atoms. The molecule has 1 aromatic carbocycles. The minimum atomic E-state index is 0.602. The highest BCUT2D eigenvalue weighted by molar-refractivity contribution is 5.61. The highest BCUT2D eigenvalue weighted by Crippen LogP contribution is 2.21. The molecule has 0 aliphatic heterocycles. The van der Waals surface area contributed by atoms with Crippen molar-refractivity contribution in [2.45, 2.75) is 44.6 Å². The number of benzene rings is 1. The third-order valence-corrected chi connectivity index (χ3v) is 4.42. The molecule has 1 aliphatic rings. The zero-order valence-corrected chi connectivity index (χ0v) is 13.1. The molecule has 1 heterocycles. The van der Waals surface area contributed by atoms with Crippen LogP contribution < -0.4 is 5.32 Å². The van der Waals surface area contributed by atoms with E-state index >= 15 is 0 Å². The van der Waals surface area contributed by atoms with Gasteiger partial charge < -0.3 is 5.32 Å². The van der Waals surface area contributed by atoms with Crippen LogP contribution in [0.4, 0.5) is 0 Å². The van der Waals surface area contributed by atoms with Crippen molar-refractivity contribution in [1.82, 2.24) is 10.3 Å². The van der Waals surface area contributed by atoms with Crippen LogP contribution in [0.2, 0.25) is 0 Å². The molecule has 0 spiro atoms. The Balaban J connectivity index is 1.54. The zero-order valence-electron chi connectivity index (χ0n) is 13.1. The summed E-state index contributed by atoms with van der Waals surface area (Å²) in [6.45, 7) is 4.16.